The van der Waals surface area contributed by atoms with Crippen molar-refractivity contribution in [2.45, 2.75) is 32.5 Å². The summed E-state index contributed by atoms with van der Waals surface area (Å²) in [7, 11) is -1.31. The van der Waals surface area contributed by atoms with Gasteiger partial charge in [-0.05, 0) is 37.2 Å². The van der Waals surface area contributed by atoms with Crippen molar-refractivity contribution in [3.63, 3.8) is 0 Å². The Labute approximate surface area is 153 Å². The van der Waals surface area contributed by atoms with Gasteiger partial charge in [-0.1, -0.05) is 12.1 Å². The maximum absolute atomic E-state index is 11.7. The van der Waals surface area contributed by atoms with Crippen LogP contribution in [0.25, 0.3) is 0 Å². The van der Waals surface area contributed by atoms with Crippen LogP contribution in [0.2, 0.25) is 0 Å². The topological polar surface area (TPSA) is 94.8 Å². The smallest absolute Gasteiger partial charge is 0.240 e. The molecule has 2 heterocycles. The molecular weight excluding hydrogens is 358 g/mol. The Morgan fingerprint density at radius 1 is 1.27 bits per heavy atom. The van der Waals surface area contributed by atoms with Gasteiger partial charge < -0.3 is 14.0 Å². The minimum atomic E-state index is -2.92. The van der Waals surface area contributed by atoms with E-state index in [1.54, 1.807) is 19.2 Å². The van der Waals surface area contributed by atoms with Crippen molar-refractivity contribution in [1.82, 2.24) is 15.0 Å². The van der Waals surface area contributed by atoms with Gasteiger partial charge in [-0.3, -0.25) is 4.90 Å². The number of nitrogens with zero attached hydrogens (tertiary/aromatic N) is 3. The Bertz CT molecular complexity index is 819. The molecule has 0 aliphatic carbocycles. The normalized spacial score (nSPS) is 19.0. The van der Waals surface area contributed by atoms with E-state index in [4.69, 9.17) is 14.0 Å². The van der Waals surface area contributed by atoms with Gasteiger partial charge in [0.25, 0.3) is 0 Å². The number of benzene rings is 1. The standard InChI is InChI=1S/C17H23N3O5S/c1-3-20(13-8-9-26(21,22)12-13)10-17-18-16(19-25-17)11-24-15-6-4-14(23-2)5-7-15/h4-7,13H,3,8-12H2,1-2H3/t13-/m1/s1. The minimum absolute atomic E-state index is 0.0101. The first-order valence-electron chi connectivity index (χ1n) is 8.52. The van der Waals surface area contributed by atoms with Crippen LogP contribution in [0.5, 0.6) is 11.5 Å². The van der Waals surface area contributed by atoms with Gasteiger partial charge in [0.2, 0.25) is 11.7 Å². The van der Waals surface area contributed by atoms with E-state index in [9.17, 15) is 8.42 Å². The summed E-state index contributed by atoms with van der Waals surface area (Å²) in [5, 5.41) is 3.93. The van der Waals surface area contributed by atoms with Gasteiger partial charge in [0.15, 0.2) is 16.4 Å². The maximum Gasteiger partial charge on any atom is 0.240 e. The molecule has 0 spiro atoms. The molecule has 1 aromatic carbocycles. The Balaban J connectivity index is 1.55. The summed E-state index contributed by atoms with van der Waals surface area (Å²) in [5.41, 5.74) is 0. The Kier molecular flexibility index (Phi) is 5.77. The van der Waals surface area contributed by atoms with E-state index in [1.807, 2.05) is 19.1 Å². The summed E-state index contributed by atoms with van der Waals surface area (Å²) >= 11 is 0. The fraction of sp³-hybridized carbons (Fsp3) is 0.529. The number of hydrogen-bond donors (Lipinski definition) is 0. The zero-order valence-corrected chi connectivity index (χ0v) is 15.7. The van der Waals surface area contributed by atoms with Crippen LogP contribution in [0.3, 0.4) is 0 Å². The highest BCUT2D eigenvalue weighted by Gasteiger charge is 2.32. The summed E-state index contributed by atoms with van der Waals surface area (Å²) in [6.45, 7) is 3.35. The van der Waals surface area contributed by atoms with Gasteiger partial charge in [-0.2, -0.15) is 4.98 Å². The number of rotatable bonds is 8. The first-order chi connectivity index (χ1) is 12.5. The minimum Gasteiger partial charge on any atom is -0.497 e. The van der Waals surface area contributed by atoms with E-state index in [2.05, 4.69) is 15.0 Å². The molecule has 142 valence electrons. The Morgan fingerprint density at radius 2 is 2.00 bits per heavy atom. The SMILES string of the molecule is CCN(Cc1nc(COc2ccc(OC)cc2)no1)[C@@H]1CCS(=O)(=O)C1. The lowest BCUT2D eigenvalue weighted by atomic mass is 10.2. The van der Waals surface area contributed by atoms with Crippen LogP contribution in [0, 0.1) is 0 Å². The number of aromatic nitrogens is 2. The van der Waals surface area contributed by atoms with E-state index < -0.39 is 9.84 Å². The van der Waals surface area contributed by atoms with Crippen LogP contribution in [-0.2, 0) is 23.0 Å². The number of methoxy groups -OCH3 is 1. The summed E-state index contributed by atoms with van der Waals surface area (Å²) in [6.07, 6.45) is 0.651. The van der Waals surface area contributed by atoms with Gasteiger partial charge >= 0.3 is 0 Å². The average Bonchev–Trinajstić information content (AvgIpc) is 3.24. The van der Waals surface area contributed by atoms with Crippen LogP contribution in [-0.4, -0.2) is 54.7 Å². The third-order valence-electron chi connectivity index (χ3n) is 4.41. The molecule has 1 atom stereocenters. The van der Waals surface area contributed by atoms with Crippen LogP contribution >= 0.6 is 0 Å². The molecule has 1 aliphatic heterocycles. The molecule has 9 heteroatoms. The van der Waals surface area contributed by atoms with E-state index >= 15 is 0 Å². The summed E-state index contributed by atoms with van der Waals surface area (Å²) in [4.78, 5) is 6.40. The molecule has 0 saturated carbocycles. The second kappa shape index (κ2) is 8.05. The van der Waals surface area contributed by atoms with Crippen LogP contribution < -0.4 is 9.47 Å². The molecule has 1 fully saturated rings. The third kappa shape index (κ3) is 4.73. The lowest BCUT2D eigenvalue weighted by Crippen LogP contribution is -2.35. The van der Waals surface area contributed by atoms with E-state index in [0.717, 1.165) is 12.3 Å². The van der Waals surface area contributed by atoms with Crippen molar-refractivity contribution >= 4 is 9.84 Å². The zero-order chi connectivity index (χ0) is 18.6. The maximum atomic E-state index is 11.7. The lowest BCUT2D eigenvalue weighted by molar-refractivity contribution is 0.186. The molecule has 8 nitrogen and oxygen atoms in total. The predicted molar refractivity (Wildman–Crippen MR) is 94.8 cm³/mol. The summed E-state index contributed by atoms with van der Waals surface area (Å²) in [6, 6.07) is 7.24. The molecule has 26 heavy (non-hydrogen) atoms. The van der Waals surface area contributed by atoms with Crippen molar-refractivity contribution in [2.75, 3.05) is 25.2 Å². The van der Waals surface area contributed by atoms with E-state index in [1.165, 1.54) is 0 Å². The number of sulfone groups is 1. The van der Waals surface area contributed by atoms with Crippen molar-refractivity contribution in [2.24, 2.45) is 0 Å². The van der Waals surface area contributed by atoms with Crippen LogP contribution in [0.15, 0.2) is 28.8 Å². The zero-order valence-electron chi connectivity index (χ0n) is 14.9. The third-order valence-corrected chi connectivity index (χ3v) is 6.16. The van der Waals surface area contributed by atoms with E-state index in [0.29, 0.717) is 30.4 Å². The molecule has 0 unspecified atom stereocenters. The Morgan fingerprint density at radius 3 is 2.62 bits per heavy atom. The van der Waals surface area contributed by atoms with Gasteiger partial charge in [0.1, 0.15) is 11.5 Å². The predicted octanol–water partition coefficient (Wildman–Crippen LogP) is 1.67. The second-order valence-electron chi connectivity index (χ2n) is 6.19. The fourth-order valence-electron chi connectivity index (χ4n) is 2.97. The van der Waals surface area contributed by atoms with Crippen molar-refractivity contribution in [3.05, 3.63) is 36.0 Å². The van der Waals surface area contributed by atoms with Gasteiger partial charge in [0, 0.05) is 6.04 Å². The second-order valence-corrected chi connectivity index (χ2v) is 8.42. The van der Waals surface area contributed by atoms with E-state index in [-0.39, 0.29) is 24.2 Å². The molecule has 0 bridgehead atoms. The highest BCUT2D eigenvalue weighted by molar-refractivity contribution is 7.91. The summed E-state index contributed by atoms with van der Waals surface area (Å²) in [5.74, 6) is 2.80. The largest absolute Gasteiger partial charge is 0.497 e. The van der Waals surface area contributed by atoms with Crippen LogP contribution in [0.1, 0.15) is 25.1 Å². The first kappa shape index (κ1) is 18.7. The van der Waals surface area contributed by atoms with Crippen molar-refractivity contribution < 1.29 is 22.4 Å². The molecular formula is C17H23N3O5S. The van der Waals surface area contributed by atoms with Gasteiger partial charge in [-0.15, -0.1) is 0 Å². The first-order valence-corrected chi connectivity index (χ1v) is 10.3. The lowest BCUT2D eigenvalue weighted by Gasteiger charge is -2.24. The molecule has 0 radical (unpaired) electrons. The molecule has 0 N–H and O–H groups in total. The van der Waals surface area contributed by atoms with Crippen LogP contribution in [0.4, 0.5) is 0 Å². The monoisotopic (exact) mass is 381 g/mol. The highest BCUT2D eigenvalue weighted by Crippen LogP contribution is 2.20. The molecule has 3 rings (SSSR count). The molecule has 0 amide bonds. The molecule has 1 saturated heterocycles. The average molecular weight is 381 g/mol. The molecule has 1 aromatic heterocycles. The quantitative estimate of drug-likeness (QED) is 0.681. The molecule has 2 aromatic rings. The fourth-order valence-corrected chi connectivity index (χ4v) is 4.73. The Hall–Kier alpha value is -2.13. The highest BCUT2D eigenvalue weighted by atomic mass is 32.2. The summed E-state index contributed by atoms with van der Waals surface area (Å²) < 4.78 is 39.4. The van der Waals surface area contributed by atoms with Crippen molar-refractivity contribution in [1.29, 1.82) is 0 Å². The number of ether oxygens (including phenoxy) is 2. The number of hydrogen-bond acceptors (Lipinski definition) is 8. The molecule has 1 aliphatic rings. The van der Waals surface area contributed by atoms with Gasteiger partial charge in [0.05, 0.1) is 25.2 Å². The van der Waals surface area contributed by atoms with Gasteiger partial charge in [-0.25, -0.2) is 8.42 Å². The van der Waals surface area contributed by atoms with Crippen molar-refractivity contribution in [3.8, 4) is 11.5 Å².